The number of phenolic OH excluding ortho intramolecular Hbond substituents is 1. The number of hydrogen-bond acceptors (Lipinski definition) is 5. The number of amides is 1. The molecule has 0 radical (unpaired) electrons. The summed E-state index contributed by atoms with van der Waals surface area (Å²) in [5, 5.41) is 14.2. The van der Waals surface area contributed by atoms with Crippen molar-refractivity contribution in [3.05, 3.63) is 17.7 Å². The van der Waals surface area contributed by atoms with Crippen LogP contribution in [0.3, 0.4) is 0 Å². The number of phenols is 1. The van der Waals surface area contributed by atoms with Crippen molar-refractivity contribution in [1.29, 1.82) is 0 Å². The van der Waals surface area contributed by atoms with Crippen LogP contribution in [0.4, 0.5) is 0 Å². The molecule has 4 bridgehead atoms. The minimum atomic E-state index is -0.287. The zero-order chi connectivity index (χ0) is 20.2. The van der Waals surface area contributed by atoms with Gasteiger partial charge in [-0.1, -0.05) is 13.8 Å². The molecule has 6 nitrogen and oxygen atoms in total. The highest BCUT2D eigenvalue weighted by molar-refractivity contribution is 5.86. The number of aromatic hydroxyl groups is 1. The van der Waals surface area contributed by atoms with Gasteiger partial charge in [-0.3, -0.25) is 4.79 Å². The van der Waals surface area contributed by atoms with E-state index in [0.29, 0.717) is 23.0 Å². The highest BCUT2D eigenvalue weighted by Gasteiger charge is 2.62. The fourth-order valence-electron chi connectivity index (χ4n) is 6.97. The highest BCUT2D eigenvalue weighted by atomic mass is 16.5. The van der Waals surface area contributed by atoms with Gasteiger partial charge in [-0.05, 0) is 67.4 Å². The van der Waals surface area contributed by atoms with Crippen LogP contribution in [-0.2, 0) is 4.79 Å². The van der Waals surface area contributed by atoms with E-state index in [-0.39, 0.29) is 27.9 Å². The van der Waals surface area contributed by atoms with Crippen molar-refractivity contribution in [2.45, 2.75) is 52.4 Å². The maximum atomic E-state index is 13.2. The molecule has 4 saturated carbocycles. The number of carbonyl (C=O) groups is 1. The van der Waals surface area contributed by atoms with Crippen molar-refractivity contribution >= 4 is 12.1 Å². The van der Waals surface area contributed by atoms with Gasteiger partial charge in [0.25, 0.3) is 0 Å². The Morgan fingerprint density at radius 3 is 2.18 bits per heavy atom. The Kier molecular flexibility index (Phi) is 4.36. The molecule has 0 spiro atoms. The van der Waals surface area contributed by atoms with Crippen molar-refractivity contribution in [3.8, 4) is 17.2 Å². The lowest BCUT2D eigenvalue weighted by atomic mass is 9.40. The van der Waals surface area contributed by atoms with Gasteiger partial charge in [-0.25, -0.2) is 5.43 Å². The SMILES string of the molecule is COc1cc(/C=N/NC(=O)C23CC4CC(C)(CC(C)(C4)C2)C3)cc(OC)c1O. The molecular formula is C22H30N2O4. The normalized spacial score (nSPS) is 35.9. The van der Waals surface area contributed by atoms with Gasteiger partial charge < -0.3 is 14.6 Å². The molecule has 4 fully saturated rings. The molecular weight excluding hydrogens is 356 g/mol. The fourth-order valence-corrected chi connectivity index (χ4v) is 6.97. The predicted octanol–water partition coefficient (Wildman–Crippen LogP) is 3.86. The maximum absolute atomic E-state index is 13.2. The molecule has 2 atom stereocenters. The maximum Gasteiger partial charge on any atom is 0.246 e. The number of methoxy groups -OCH3 is 2. The Morgan fingerprint density at radius 2 is 1.68 bits per heavy atom. The number of hydrazone groups is 1. The van der Waals surface area contributed by atoms with Gasteiger partial charge in [0, 0.05) is 5.56 Å². The first kappa shape index (κ1) is 19.1. The lowest BCUT2D eigenvalue weighted by Gasteiger charge is -2.64. The van der Waals surface area contributed by atoms with Crippen LogP contribution in [0.25, 0.3) is 0 Å². The summed E-state index contributed by atoms with van der Waals surface area (Å²) in [5.41, 5.74) is 3.76. The van der Waals surface area contributed by atoms with E-state index in [4.69, 9.17) is 9.47 Å². The summed E-state index contributed by atoms with van der Waals surface area (Å²) in [6, 6.07) is 3.31. The van der Waals surface area contributed by atoms with E-state index in [1.54, 1.807) is 18.3 Å². The monoisotopic (exact) mass is 386 g/mol. The molecule has 28 heavy (non-hydrogen) atoms. The molecule has 0 saturated heterocycles. The van der Waals surface area contributed by atoms with E-state index < -0.39 is 0 Å². The summed E-state index contributed by atoms with van der Waals surface area (Å²) in [5.74, 6) is 1.25. The Morgan fingerprint density at radius 1 is 1.11 bits per heavy atom. The topological polar surface area (TPSA) is 80.2 Å². The molecule has 152 valence electrons. The van der Waals surface area contributed by atoms with Crippen molar-refractivity contribution in [2.24, 2.45) is 27.3 Å². The van der Waals surface area contributed by atoms with E-state index >= 15 is 0 Å². The highest BCUT2D eigenvalue weighted by Crippen LogP contribution is 2.69. The quantitative estimate of drug-likeness (QED) is 0.595. The fraction of sp³-hybridized carbons (Fsp3) is 0.636. The summed E-state index contributed by atoms with van der Waals surface area (Å²) in [6.45, 7) is 4.71. The van der Waals surface area contributed by atoms with Crippen LogP contribution in [0.2, 0.25) is 0 Å². The smallest absolute Gasteiger partial charge is 0.246 e. The first-order valence-corrected chi connectivity index (χ1v) is 9.98. The van der Waals surface area contributed by atoms with Gasteiger partial charge in [-0.2, -0.15) is 5.10 Å². The zero-order valence-corrected chi connectivity index (χ0v) is 17.2. The largest absolute Gasteiger partial charge is 0.502 e. The third kappa shape index (κ3) is 3.12. The number of benzene rings is 1. The standard InChI is InChI=1S/C22H30N2O4/c1-20-7-15-8-21(2,11-20)13-22(9-15,12-20)19(26)24-23-10-14-5-16(27-3)18(25)17(6-14)28-4/h5-6,10,15,25H,7-9,11-13H2,1-4H3,(H,24,26)/b23-10+. The van der Waals surface area contributed by atoms with Gasteiger partial charge in [-0.15, -0.1) is 0 Å². The van der Waals surface area contributed by atoms with E-state index in [1.807, 2.05) is 0 Å². The molecule has 5 rings (SSSR count). The van der Waals surface area contributed by atoms with E-state index in [2.05, 4.69) is 24.4 Å². The molecule has 4 aliphatic carbocycles. The van der Waals surface area contributed by atoms with Crippen LogP contribution < -0.4 is 14.9 Å². The van der Waals surface area contributed by atoms with Crippen LogP contribution in [0, 0.1) is 22.2 Å². The van der Waals surface area contributed by atoms with Gasteiger partial charge in [0.1, 0.15) is 0 Å². The second-order valence-corrected chi connectivity index (χ2v) is 9.88. The first-order valence-electron chi connectivity index (χ1n) is 9.98. The first-order chi connectivity index (χ1) is 13.2. The average Bonchev–Trinajstić information content (AvgIpc) is 2.59. The minimum Gasteiger partial charge on any atom is -0.502 e. The minimum absolute atomic E-state index is 0.0445. The second-order valence-electron chi connectivity index (χ2n) is 9.88. The Hall–Kier alpha value is -2.24. The summed E-state index contributed by atoms with van der Waals surface area (Å²) in [7, 11) is 2.96. The van der Waals surface area contributed by atoms with Crippen molar-refractivity contribution in [3.63, 3.8) is 0 Å². The molecule has 0 aliphatic heterocycles. The number of carbonyl (C=O) groups excluding carboxylic acids is 1. The molecule has 6 heteroatoms. The number of rotatable bonds is 5. The predicted molar refractivity (Wildman–Crippen MR) is 107 cm³/mol. The molecule has 0 heterocycles. The molecule has 4 aliphatic rings. The zero-order valence-electron chi connectivity index (χ0n) is 17.2. The van der Waals surface area contributed by atoms with Crippen LogP contribution in [0.1, 0.15) is 57.9 Å². The number of ether oxygens (including phenoxy) is 2. The molecule has 1 aromatic carbocycles. The third-order valence-electron chi connectivity index (χ3n) is 6.99. The lowest BCUT2D eigenvalue weighted by molar-refractivity contribution is -0.170. The Balaban J connectivity index is 1.51. The molecule has 2 unspecified atom stereocenters. The molecule has 1 aromatic rings. The van der Waals surface area contributed by atoms with E-state index in [1.165, 1.54) is 33.5 Å². The van der Waals surface area contributed by atoms with Crippen molar-refractivity contribution < 1.29 is 19.4 Å². The van der Waals surface area contributed by atoms with Gasteiger partial charge >= 0.3 is 0 Å². The summed E-state index contributed by atoms with van der Waals surface area (Å²) >= 11 is 0. The molecule has 2 N–H and O–H groups in total. The average molecular weight is 386 g/mol. The van der Waals surface area contributed by atoms with Crippen LogP contribution in [0.15, 0.2) is 17.2 Å². The summed E-state index contributed by atoms with van der Waals surface area (Å²) in [4.78, 5) is 13.2. The number of nitrogens with zero attached hydrogens (tertiary/aromatic N) is 1. The molecule has 1 amide bonds. The van der Waals surface area contributed by atoms with Gasteiger partial charge in [0.05, 0.1) is 25.8 Å². The molecule has 0 aromatic heterocycles. The Labute approximate surface area is 166 Å². The van der Waals surface area contributed by atoms with Crippen molar-refractivity contribution in [1.82, 2.24) is 5.43 Å². The van der Waals surface area contributed by atoms with Crippen molar-refractivity contribution in [2.75, 3.05) is 14.2 Å². The van der Waals surface area contributed by atoms with E-state index in [0.717, 1.165) is 19.3 Å². The van der Waals surface area contributed by atoms with Crippen LogP contribution >= 0.6 is 0 Å². The number of nitrogens with one attached hydrogen (secondary N) is 1. The van der Waals surface area contributed by atoms with Crippen LogP contribution in [0.5, 0.6) is 17.2 Å². The van der Waals surface area contributed by atoms with E-state index in [9.17, 15) is 9.90 Å². The Bertz CT molecular complexity index is 791. The lowest BCUT2D eigenvalue weighted by Crippen LogP contribution is -2.59. The summed E-state index contributed by atoms with van der Waals surface area (Å²) in [6.07, 6.45) is 8.24. The second kappa shape index (κ2) is 6.39. The third-order valence-corrected chi connectivity index (χ3v) is 6.99. The van der Waals surface area contributed by atoms with Crippen LogP contribution in [-0.4, -0.2) is 31.4 Å². The number of hydrogen-bond donors (Lipinski definition) is 2. The van der Waals surface area contributed by atoms with Gasteiger partial charge in [0.2, 0.25) is 11.7 Å². The summed E-state index contributed by atoms with van der Waals surface area (Å²) < 4.78 is 10.3. The van der Waals surface area contributed by atoms with Gasteiger partial charge in [0.15, 0.2) is 11.5 Å².